The van der Waals surface area contributed by atoms with Crippen LogP contribution in [-0.4, -0.2) is 65.8 Å². The van der Waals surface area contributed by atoms with Crippen molar-refractivity contribution >= 4 is 0 Å². The van der Waals surface area contributed by atoms with Gasteiger partial charge in [0, 0.05) is 28.4 Å². The summed E-state index contributed by atoms with van der Waals surface area (Å²) in [4.78, 5) is 0. The maximum Gasteiger partial charge on any atom is 0.186 e. The zero-order valence-electron chi connectivity index (χ0n) is 14.1. The minimum absolute atomic E-state index is 0.301. The fraction of sp³-hybridized carbons (Fsp3) is 0.647. The molecule has 0 N–H and O–H groups in total. The van der Waals surface area contributed by atoms with Crippen LogP contribution in [0.1, 0.15) is 5.56 Å². The second-order valence-electron chi connectivity index (χ2n) is 5.40. The summed E-state index contributed by atoms with van der Waals surface area (Å²) in [5.74, 6) is 0. The zero-order chi connectivity index (χ0) is 16.7. The highest BCUT2D eigenvalue weighted by Gasteiger charge is 2.47. The molecule has 0 aliphatic carbocycles. The number of rotatable bonds is 8. The van der Waals surface area contributed by atoms with Crippen LogP contribution in [0.25, 0.3) is 0 Å². The average molecular weight is 326 g/mol. The van der Waals surface area contributed by atoms with Gasteiger partial charge in [0.05, 0.1) is 13.2 Å². The summed E-state index contributed by atoms with van der Waals surface area (Å²) >= 11 is 0. The van der Waals surface area contributed by atoms with E-state index < -0.39 is 6.29 Å². The highest BCUT2D eigenvalue weighted by Crippen LogP contribution is 2.28. The Labute approximate surface area is 137 Å². The highest BCUT2D eigenvalue weighted by atomic mass is 16.7. The van der Waals surface area contributed by atoms with Gasteiger partial charge in [-0.3, -0.25) is 0 Å². The molecule has 0 radical (unpaired) electrons. The van der Waals surface area contributed by atoms with Gasteiger partial charge in [-0.25, -0.2) is 0 Å². The molecular weight excluding hydrogens is 300 g/mol. The number of hydrogen-bond donors (Lipinski definition) is 0. The Bertz CT molecular complexity index is 440. The van der Waals surface area contributed by atoms with E-state index in [0.717, 1.165) is 5.56 Å². The predicted molar refractivity (Wildman–Crippen MR) is 84.2 cm³/mol. The second-order valence-corrected chi connectivity index (χ2v) is 5.40. The first-order valence-electron chi connectivity index (χ1n) is 7.63. The molecule has 6 heteroatoms. The molecule has 0 spiro atoms. The summed E-state index contributed by atoms with van der Waals surface area (Å²) in [7, 11) is 6.45. The van der Waals surface area contributed by atoms with Crippen LogP contribution in [0.4, 0.5) is 0 Å². The third kappa shape index (κ3) is 4.50. The fourth-order valence-electron chi connectivity index (χ4n) is 2.85. The lowest BCUT2D eigenvalue weighted by atomic mass is 9.98. The standard InChI is InChI=1S/C17H26O6/c1-18-11-13-14(22-10-12-8-6-5-7-9-12)15(19-2)16(20-3)17(21-4)23-13/h5-9,13-17H,10-11H2,1-4H3/t13-,14+,15+,16-,17+/m1/s1. The molecule has 1 saturated heterocycles. The molecule has 5 atom stereocenters. The SMILES string of the molecule is COC[C@H]1O[C@H](OC)[C@H](OC)[C@@H](OC)[C@H]1OCc1ccccc1. The largest absolute Gasteiger partial charge is 0.382 e. The molecule has 2 rings (SSSR count). The Morgan fingerprint density at radius 2 is 1.57 bits per heavy atom. The van der Waals surface area contributed by atoms with Gasteiger partial charge < -0.3 is 28.4 Å². The monoisotopic (exact) mass is 326 g/mol. The number of methoxy groups -OCH3 is 4. The first-order chi connectivity index (χ1) is 11.2. The number of hydrogen-bond acceptors (Lipinski definition) is 6. The summed E-state index contributed by atoms with van der Waals surface area (Å²) in [6.07, 6.45) is -1.84. The van der Waals surface area contributed by atoms with Crippen LogP contribution < -0.4 is 0 Å². The molecule has 6 nitrogen and oxygen atoms in total. The van der Waals surface area contributed by atoms with Crippen molar-refractivity contribution in [1.82, 2.24) is 0 Å². The van der Waals surface area contributed by atoms with Crippen molar-refractivity contribution in [3.05, 3.63) is 35.9 Å². The van der Waals surface area contributed by atoms with Crippen molar-refractivity contribution in [2.75, 3.05) is 35.0 Å². The zero-order valence-corrected chi connectivity index (χ0v) is 14.1. The average Bonchev–Trinajstić information content (AvgIpc) is 2.60. The lowest BCUT2D eigenvalue weighted by molar-refractivity contribution is -0.311. The molecule has 1 aromatic rings. The summed E-state index contributed by atoms with van der Waals surface area (Å²) in [5, 5.41) is 0. The molecule has 0 amide bonds. The van der Waals surface area contributed by atoms with Gasteiger partial charge in [-0.15, -0.1) is 0 Å². The van der Waals surface area contributed by atoms with Crippen LogP contribution in [0.3, 0.4) is 0 Å². The Balaban J connectivity index is 2.12. The summed E-state index contributed by atoms with van der Waals surface area (Å²) < 4.78 is 33.8. The van der Waals surface area contributed by atoms with Crippen LogP contribution in [0, 0.1) is 0 Å². The van der Waals surface area contributed by atoms with E-state index in [-0.39, 0.29) is 24.4 Å². The van der Waals surface area contributed by atoms with Crippen molar-refractivity contribution in [1.29, 1.82) is 0 Å². The van der Waals surface area contributed by atoms with Crippen molar-refractivity contribution in [3.8, 4) is 0 Å². The van der Waals surface area contributed by atoms with Gasteiger partial charge in [-0.1, -0.05) is 30.3 Å². The van der Waals surface area contributed by atoms with E-state index in [1.165, 1.54) is 0 Å². The Hall–Kier alpha value is -1.02. The van der Waals surface area contributed by atoms with Gasteiger partial charge in [0.25, 0.3) is 0 Å². The van der Waals surface area contributed by atoms with Gasteiger partial charge >= 0.3 is 0 Å². The van der Waals surface area contributed by atoms with E-state index in [1.54, 1.807) is 28.4 Å². The maximum absolute atomic E-state index is 6.10. The number of benzene rings is 1. The van der Waals surface area contributed by atoms with Gasteiger partial charge in [-0.2, -0.15) is 0 Å². The van der Waals surface area contributed by atoms with E-state index >= 15 is 0 Å². The van der Waals surface area contributed by atoms with E-state index in [4.69, 9.17) is 28.4 Å². The third-order valence-corrected chi connectivity index (χ3v) is 3.98. The normalized spacial score (nSPS) is 31.2. The van der Waals surface area contributed by atoms with Crippen molar-refractivity contribution < 1.29 is 28.4 Å². The molecule has 0 aromatic heterocycles. The van der Waals surface area contributed by atoms with Crippen LogP contribution >= 0.6 is 0 Å². The summed E-state index contributed by atoms with van der Waals surface area (Å²) in [6, 6.07) is 9.97. The van der Waals surface area contributed by atoms with Crippen molar-refractivity contribution in [2.24, 2.45) is 0 Å². The van der Waals surface area contributed by atoms with Crippen molar-refractivity contribution in [3.63, 3.8) is 0 Å². The number of ether oxygens (including phenoxy) is 6. The van der Waals surface area contributed by atoms with Gasteiger partial charge in [-0.05, 0) is 5.56 Å². The van der Waals surface area contributed by atoms with Crippen LogP contribution in [0.5, 0.6) is 0 Å². The fourth-order valence-corrected chi connectivity index (χ4v) is 2.85. The molecule has 1 heterocycles. The molecule has 130 valence electrons. The van der Waals surface area contributed by atoms with E-state index in [2.05, 4.69) is 0 Å². The summed E-state index contributed by atoms with van der Waals surface area (Å²) in [5.41, 5.74) is 1.08. The minimum atomic E-state index is -0.526. The van der Waals surface area contributed by atoms with Gasteiger partial charge in [0.2, 0.25) is 0 Å². The molecule has 1 aliphatic rings. The Morgan fingerprint density at radius 1 is 0.870 bits per heavy atom. The molecule has 0 bridgehead atoms. The topological polar surface area (TPSA) is 55.4 Å². The first kappa shape index (κ1) is 18.3. The molecule has 23 heavy (non-hydrogen) atoms. The van der Waals surface area contributed by atoms with Crippen LogP contribution in [0.15, 0.2) is 30.3 Å². The van der Waals surface area contributed by atoms with Crippen molar-refractivity contribution in [2.45, 2.75) is 37.3 Å². The van der Waals surface area contributed by atoms with Gasteiger partial charge in [0.1, 0.15) is 24.4 Å². The lowest BCUT2D eigenvalue weighted by Crippen LogP contribution is -2.61. The van der Waals surface area contributed by atoms with Crippen LogP contribution in [0.2, 0.25) is 0 Å². The van der Waals surface area contributed by atoms with Gasteiger partial charge in [0.15, 0.2) is 6.29 Å². The molecule has 1 aromatic carbocycles. The quantitative estimate of drug-likeness (QED) is 0.724. The van der Waals surface area contributed by atoms with E-state index in [9.17, 15) is 0 Å². The smallest absolute Gasteiger partial charge is 0.186 e. The lowest BCUT2D eigenvalue weighted by Gasteiger charge is -2.44. The minimum Gasteiger partial charge on any atom is -0.382 e. The molecule has 0 unspecified atom stereocenters. The first-order valence-corrected chi connectivity index (χ1v) is 7.63. The molecular formula is C17H26O6. The van der Waals surface area contributed by atoms with E-state index in [1.807, 2.05) is 30.3 Å². The highest BCUT2D eigenvalue weighted by molar-refractivity contribution is 5.13. The molecule has 0 saturated carbocycles. The van der Waals surface area contributed by atoms with Crippen LogP contribution in [-0.2, 0) is 35.0 Å². The summed E-state index contributed by atoms with van der Waals surface area (Å²) in [6.45, 7) is 0.846. The maximum atomic E-state index is 6.10. The second kappa shape index (κ2) is 9.32. The van der Waals surface area contributed by atoms with E-state index in [0.29, 0.717) is 13.2 Å². The third-order valence-electron chi connectivity index (χ3n) is 3.98. The Morgan fingerprint density at radius 3 is 2.13 bits per heavy atom. The molecule has 1 fully saturated rings. The Kier molecular flexibility index (Phi) is 7.42. The molecule has 1 aliphatic heterocycles. The predicted octanol–water partition coefficient (Wildman–Crippen LogP) is 1.62.